The van der Waals surface area contributed by atoms with Crippen molar-refractivity contribution in [3.05, 3.63) is 187 Å². The molecular formula is C39H34BN3. The van der Waals surface area contributed by atoms with E-state index in [0.717, 1.165) is 5.69 Å². The van der Waals surface area contributed by atoms with Crippen molar-refractivity contribution in [2.24, 2.45) is 0 Å². The first-order chi connectivity index (χ1) is 21.2. The van der Waals surface area contributed by atoms with E-state index in [-0.39, 0.29) is 0 Å². The number of rotatable bonds is 6. The molecule has 0 bridgehead atoms. The Hall–Kier alpha value is -5.35. The van der Waals surface area contributed by atoms with Gasteiger partial charge in [-0.05, 0) is 41.5 Å². The summed E-state index contributed by atoms with van der Waals surface area (Å²) in [7, 11) is 4.18. The number of pyridine rings is 1. The van der Waals surface area contributed by atoms with Crippen LogP contribution in [0, 0.1) is 0 Å². The molecule has 4 heteroatoms. The van der Waals surface area contributed by atoms with Crippen LogP contribution in [-0.4, -0.2) is 20.5 Å². The highest BCUT2D eigenvalue weighted by Gasteiger charge is 2.53. The van der Waals surface area contributed by atoms with E-state index in [9.17, 15) is 0 Å². The molecule has 208 valence electrons. The Bertz CT molecular complexity index is 1830. The molecule has 6 aromatic rings. The third-order valence-electron chi connectivity index (χ3n) is 8.68. The van der Waals surface area contributed by atoms with Gasteiger partial charge in [0.05, 0.1) is 5.57 Å². The molecule has 0 N–H and O–H groups in total. The van der Waals surface area contributed by atoms with E-state index in [4.69, 9.17) is 0 Å². The fourth-order valence-electron chi connectivity index (χ4n) is 6.83. The van der Waals surface area contributed by atoms with Crippen LogP contribution in [0.5, 0.6) is 0 Å². The lowest BCUT2D eigenvalue weighted by molar-refractivity contribution is -0.546. The minimum absolute atomic E-state index is 1.13. The maximum atomic E-state index is 2.62. The summed E-state index contributed by atoms with van der Waals surface area (Å²) in [6.07, 6.45) is 0.506. The number of anilines is 2. The van der Waals surface area contributed by atoms with Crippen LogP contribution in [0.4, 0.5) is 11.4 Å². The van der Waals surface area contributed by atoms with Crippen molar-refractivity contribution in [2.45, 2.75) is 0 Å². The summed E-state index contributed by atoms with van der Waals surface area (Å²) in [6.45, 7) is 0. The Balaban J connectivity index is 1.71. The molecule has 0 atom stereocenters. The minimum atomic E-state index is -1.76. The first-order valence-corrected chi connectivity index (χ1v) is 14.9. The standard InChI is InChI=1S/C39H34BN3/c1-41(2)35-26-28-36(29-27-35)43-39(32-19-9-4-10-20-32)38(31-17-7-3-8-18-31)37-25-15-16-30-42(37)40(43,33-21-11-5-12-22-33)34-23-13-6-14-24-34/h3-30H,1-2H3. The van der Waals surface area contributed by atoms with Crippen molar-refractivity contribution in [2.75, 3.05) is 23.8 Å². The van der Waals surface area contributed by atoms with Gasteiger partial charge in [0.2, 0.25) is 0 Å². The molecule has 43 heavy (non-hydrogen) atoms. The van der Waals surface area contributed by atoms with Crippen molar-refractivity contribution < 1.29 is 4.48 Å². The number of nitrogens with zero attached hydrogens (tertiary/aromatic N) is 3. The number of fused-ring (bicyclic) bond motifs is 1. The summed E-state index contributed by atoms with van der Waals surface area (Å²) >= 11 is 0. The van der Waals surface area contributed by atoms with Gasteiger partial charge in [0.15, 0.2) is 5.69 Å². The monoisotopic (exact) mass is 555 g/mol. The van der Waals surface area contributed by atoms with Gasteiger partial charge in [-0.15, -0.1) is 10.9 Å². The lowest BCUT2D eigenvalue weighted by Gasteiger charge is -2.52. The highest BCUT2D eigenvalue weighted by molar-refractivity contribution is 7.00. The zero-order valence-corrected chi connectivity index (χ0v) is 24.6. The average Bonchev–Trinajstić information content (AvgIpc) is 3.09. The zero-order valence-electron chi connectivity index (χ0n) is 24.6. The van der Waals surface area contributed by atoms with Crippen LogP contribution in [0.3, 0.4) is 0 Å². The Labute approximate surface area is 254 Å². The molecule has 0 radical (unpaired) electrons. The van der Waals surface area contributed by atoms with Gasteiger partial charge in [-0.1, -0.05) is 127 Å². The second-order valence-corrected chi connectivity index (χ2v) is 11.3. The quantitative estimate of drug-likeness (QED) is 0.215. The lowest BCUT2D eigenvalue weighted by Crippen LogP contribution is -2.88. The molecule has 1 aliphatic heterocycles. The summed E-state index contributed by atoms with van der Waals surface area (Å²) in [6, 6.07) is 59.3. The van der Waals surface area contributed by atoms with Crippen LogP contribution in [0.1, 0.15) is 16.8 Å². The van der Waals surface area contributed by atoms with Gasteiger partial charge >= 0.3 is 6.42 Å². The van der Waals surface area contributed by atoms with Crippen molar-refractivity contribution in [1.82, 2.24) is 0 Å². The van der Waals surface area contributed by atoms with E-state index in [0.29, 0.717) is 0 Å². The topological polar surface area (TPSA) is 10.4 Å². The SMILES string of the molecule is CN(C)c1ccc(N2C(c3ccccc3)=C(c3ccccc3)c3cccc[n+]3[B-]2(c2ccccc2)c2ccccc2)cc1. The smallest absolute Gasteiger partial charge is 0.435 e. The molecule has 3 nitrogen and oxygen atoms in total. The third-order valence-corrected chi connectivity index (χ3v) is 8.68. The minimum Gasteiger partial charge on any atom is -0.446 e. The van der Waals surface area contributed by atoms with E-state index in [1.54, 1.807) is 0 Å². The second-order valence-electron chi connectivity index (χ2n) is 11.3. The summed E-state index contributed by atoms with van der Waals surface area (Å²) < 4.78 is 2.53. The van der Waals surface area contributed by atoms with Crippen LogP contribution in [-0.2, 0) is 0 Å². The molecule has 0 aliphatic carbocycles. The van der Waals surface area contributed by atoms with Crippen LogP contribution >= 0.6 is 0 Å². The van der Waals surface area contributed by atoms with E-state index >= 15 is 0 Å². The summed E-state index contributed by atoms with van der Waals surface area (Å²) in [4.78, 5) is 4.77. The predicted molar refractivity (Wildman–Crippen MR) is 182 cm³/mol. The van der Waals surface area contributed by atoms with Crippen LogP contribution in [0.25, 0.3) is 11.3 Å². The van der Waals surface area contributed by atoms with Crippen molar-refractivity contribution in [3.8, 4) is 0 Å². The average molecular weight is 556 g/mol. The Morgan fingerprint density at radius 3 is 1.53 bits per heavy atom. The second kappa shape index (κ2) is 11.1. The van der Waals surface area contributed by atoms with Crippen LogP contribution in [0.15, 0.2) is 170 Å². The van der Waals surface area contributed by atoms with Gasteiger partial charge in [0.25, 0.3) is 0 Å². The molecule has 0 spiro atoms. The van der Waals surface area contributed by atoms with Crippen LogP contribution in [0.2, 0.25) is 0 Å². The fourth-order valence-corrected chi connectivity index (χ4v) is 6.83. The van der Waals surface area contributed by atoms with Gasteiger partial charge in [-0.3, -0.25) is 0 Å². The lowest BCUT2D eigenvalue weighted by atomic mass is 9.34. The first kappa shape index (κ1) is 26.5. The number of benzene rings is 5. The van der Waals surface area contributed by atoms with Crippen molar-refractivity contribution >= 4 is 40.0 Å². The largest absolute Gasteiger partial charge is 0.446 e. The van der Waals surface area contributed by atoms with Crippen LogP contribution < -0.4 is 25.1 Å². The van der Waals surface area contributed by atoms with E-state index in [1.807, 2.05) is 0 Å². The molecule has 1 aromatic heterocycles. The van der Waals surface area contributed by atoms with E-state index < -0.39 is 6.42 Å². The molecule has 0 saturated heterocycles. The summed E-state index contributed by atoms with van der Waals surface area (Å²) in [5.41, 5.74) is 10.7. The molecule has 5 aromatic carbocycles. The first-order valence-electron chi connectivity index (χ1n) is 14.9. The van der Waals surface area contributed by atoms with E-state index in [1.165, 1.54) is 44.7 Å². The van der Waals surface area contributed by atoms with Gasteiger partial charge < -0.3 is 14.2 Å². The molecular weight excluding hydrogens is 521 g/mol. The Morgan fingerprint density at radius 1 is 0.512 bits per heavy atom. The van der Waals surface area contributed by atoms with Gasteiger partial charge in [-0.2, -0.15) is 0 Å². The maximum absolute atomic E-state index is 2.62. The Kier molecular flexibility index (Phi) is 6.88. The third kappa shape index (κ3) is 4.43. The highest BCUT2D eigenvalue weighted by atomic mass is 15.2. The molecule has 0 amide bonds. The number of hydrogen-bond donors (Lipinski definition) is 0. The van der Waals surface area contributed by atoms with Crippen molar-refractivity contribution in [1.29, 1.82) is 0 Å². The Morgan fingerprint density at radius 2 is 1.00 bits per heavy atom. The fraction of sp³-hybridized carbons (Fsp3) is 0.0513. The number of hydrogen-bond acceptors (Lipinski definition) is 2. The highest BCUT2D eigenvalue weighted by Crippen LogP contribution is 2.42. The molecule has 1 aliphatic rings. The summed E-state index contributed by atoms with van der Waals surface area (Å²) in [5.74, 6) is 0. The molecule has 0 fully saturated rings. The molecule has 0 unspecified atom stereocenters. The maximum Gasteiger partial charge on any atom is 0.435 e. The molecule has 2 heterocycles. The van der Waals surface area contributed by atoms with E-state index in [2.05, 4.69) is 198 Å². The molecule has 7 rings (SSSR count). The van der Waals surface area contributed by atoms with Crippen molar-refractivity contribution in [3.63, 3.8) is 0 Å². The van der Waals surface area contributed by atoms with Gasteiger partial charge in [-0.25, -0.2) is 0 Å². The van der Waals surface area contributed by atoms with Gasteiger partial charge in [0, 0.05) is 37.2 Å². The zero-order chi connectivity index (χ0) is 29.2. The van der Waals surface area contributed by atoms with Gasteiger partial charge in [0.1, 0.15) is 6.20 Å². The molecule has 0 saturated carbocycles. The number of aromatic nitrogens is 1. The summed E-state index contributed by atoms with van der Waals surface area (Å²) in [5, 5.41) is 0. The normalized spacial score (nSPS) is 13.9. The predicted octanol–water partition coefficient (Wildman–Crippen LogP) is 6.58.